The molecule has 0 aliphatic rings. The molecule has 0 bridgehead atoms. The highest BCUT2D eigenvalue weighted by atomic mass is 79.9. The van der Waals surface area contributed by atoms with Crippen LogP contribution in [0.5, 0.6) is 0 Å². The van der Waals surface area contributed by atoms with Gasteiger partial charge in [-0.05, 0) is 24.7 Å². The Kier molecular flexibility index (Phi) is 6.65. The van der Waals surface area contributed by atoms with Gasteiger partial charge >= 0.3 is 0 Å². The van der Waals surface area contributed by atoms with Crippen molar-refractivity contribution < 1.29 is 0 Å². The predicted molar refractivity (Wildman–Crippen MR) is 51.6 cm³/mol. The van der Waals surface area contributed by atoms with E-state index in [1.54, 1.807) is 0 Å². The topological polar surface area (TPSA) is 23.8 Å². The second-order valence-corrected chi connectivity index (χ2v) is 4.08. The van der Waals surface area contributed by atoms with E-state index in [1.807, 2.05) is 0 Å². The molecule has 2 atom stereocenters. The van der Waals surface area contributed by atoms with Crippen LogP contribution in [0.3, 0.4) is 0 Å². The molecule has 0 aromatic rings. The average molecular weight is 218 g/mol. The Hall–Kier alpha value is -0.0300. The number of hydrogen-bond acceptors (Lipinski definition) is 1. The lowest BCUT2D eigenvalue weighted by atomic mass is 9.94. The smallest absolute Gasteiger partial charge is 0.0624 e. The molecule has 0 amide bonds. The lowest BCUT2D eigenvalue weighted by molar-refractivity contribution is 0.413. The van der Waals surface area contributed by atoms with Crippen LogP contribution in [0.2, 0.25) is 0 Å². The summed E-state index contributed by atoms with van der Waals surface area (Å²) in [6, 6.07) is 2.20. The van der Waals surface area contributed by atoms with Crippen molar-refractivity contribution >= 4 is 15.9 Å². The van der Waals surface area contributed by atoms with Crippen LogP contribution in [0.4, 0.5) is 0 Å². The van der Waals surface area contributed by atoms with Gasteiger partial charge in [0, 0.05) is 11.8 Å². The summed E-state index contributed by atoms with van der Waals surface area (Å²) in [7, 11) is 0. The fourth-order valence-corrected chi connectivity index (χ4v) is 2.01. The third-order valence-electron chi connectivity index (χ3n) is 1.85. The first-order valence-corrected chi connectivity index (χ1v) is 5.25. The fraction of sp³-hybridized carbons (Fsp3) is 0.889. The zero-order valence-corrected chi connectivity index (χ0v) is 8.89. The largest absolute Gasteiger partial charge is 0.198 e. The van der Waals surface area contributed by atoms with Crippen molar-refractivity contribution in [2.75, 3.05) is 5.33 Å². The van der Waals surface area contributed by atoms with E-state index in [4.69, 9.17) is 5.26 Å². The molecule has 2 unspecified atom stereocenters. The zero-order valence-electron chi connectivity index (χ0n) is 7.31. The van der Waals surface area contributed by atoms with Crippen LogP contribution < -0.4 is 0 Å². The average Bonchev–Trinajstić information content (AvgIpc) is 1.87. The van der Waals surface area contributed by atoms with Crippen molar-refractivity contribution in [3.05, 3.63) is 0 Å². The fourth-order valence-electron chi connectivity index (χ4n) is 1.23. The van der Waals surface area contributed by atoms with E-state index in [2.05, 4.69) is 35.8 Å². The highest BCUT2D eigenvalue weighted by Gasteiger charge is 2.07. The molecule has 0 saturated heterocycles. The maximum atomic E-state index is 8.42. The van der Waals surface area contributed by atoms with Crippen LogP contribution >= 0.6 is 15.9 Å². The van der Waals surface area contributed by atoms with E-state index in [0.29, 0.717) is 12.3 Å². The molecule has 2 heteroatoms. The number of alkyl halides is 1. The summed E-state index contributed by atoms with van der Waals surface area (Å²) in [5.41, 5.74) is 0. The van der Waals surface area contributed by atoms with Crippen LogP contribution in [0, 0.1) is 23.2 Å². The van der Waals surface area contributed by atoms with E-state index in [-0.39, 0.29) is 0 Å². The highest BCUT2D eigenvalue weighted by molar-refractivity contribution is 9.09. The Balaban J connectivity index is 3.41. The molecular weight excluding hydrogens is 202 g/mol. The van der Waals surface area contributed by atoms with Crippen LogP contribution in [-0.4, -0.2) is 5.33 Å². The number of nitriles is 1. The molecule has 0 aliphatic carbocycles. The van der Waals surface area contributed by atoms with Crippen LogP contribution in [0.1, 0.15) is 33.1 Å². The van der Waals surface area contributed by atoms with Crippen LogP contribution in [0.15, 0.2) is 0 Å². The molecule has 1 nitrogen and oxygen atoms in total. The van der Waals surface area contributed by atoms with Crippen molar-refractivity contribution in [3.8, 4) is 6.07 Å². The van der Waals surface area contributed by atoms with Crippen molar-refractivity contribution in [3.63, 3.8) is 0 Å². The molecule has 11 heavy (non-hydrogen) atoms. The number of rotatable bonds is 5. The van der Waals surface area contributed by atoms with Gasteiger partial charge in [0.05, 0.1) is 6.07 Å². The molecular formula is C9H16BrN. The first-order valence-electron chi connectivity index (χ1n) is 4.13. The highest BCUT2D eigenvalue weighted by Crippen LogP contribution is 2.17. The van der Waals surface area contributed by atoms with Gasteiger partial charge in [0.15, 0.2) is 0 Å². The van der Waals surface area contributed by atoms with Gasteiger partial charge in [0.2, 0.25) is 0 Å². The van der Waals surface area contributed by atoms with Crippen LogP contribution in [0.25, 0.3) is 0 Å². The third-order valence-corrected chi connectivity index (χ3v) is 2.30. The Labute approximate surface area is 77.9 Å². The SMILES string of the molecule is CC(CC#N)CC(C)CCBr. The quantitative estimate of drug-likeness (QED) is 0.649. The minimum atomic E-state index is 0.564. The lowest BCUT2D eigenvalue weighted by Gasteiger charge is -2.12. The van der Waals surface area contributed by atoms with E-state index >= 15 is 0 Å². The summed E-state index contributed by atoms with van der Waals surface area (Å²) in [6.07, 6.45) is 3.10. The van der Waals surface area contributed by atoms with Crippen molar-refractivity contribution in [1.29, 1.82) is 5.26 Å². The third kappa shape index (κ3) is 6.37. The molecule has 0 spiro atoms. The van der Waals surface area contributed by atoms with Gasteiger partial charge < -0.3 is 0 Å². The minimum absolute atomic E-state index is 0.564. The van der Waals surface area contributed by atoms with E-state index < -0.39 is 0 Å². The second kappa shape index (κ2) is 6.67. The molecule has 0 rings (SSSR count). The molecule has 0 aliphatic heterocycles. The number of hydrogen-bond donors (Lipinski definition) is 0. The molecule has 0 fully saturated rings. The lowest BCUT2D eigenvalue weighted by Crippen LogP contribution is -2.02. The summed E-state index contributed by atoms with van der Waals surface area (Å²) < 4.78 is 0. The Morgan fingerprint density at radius 3 is 2.45 bits per heavy atom. The zero-order chi connectivity index (χ0) is 8.69. The van der Waals surface area contributed by atoms with Gasteiger partial charge in [-0.15, -0.1) is 0 Å². The minimum Gasteiger partial charge on any atom is -0.198 e. The summed E-state index contributed by atoms with van der Waals surface area (Å²) in [6.45, 7) is 4.39. The molecule has 0 radical (unpaired) electrons. The Morgan fingerprint density at radius 2 is 2.00 bits per heavy atom. The monoisotopic (exact) mass is 217 g/mol. The van der Waals surface area contributed by atoms with E-state index in [1.165, 1.54) is 12.8 Å². The Morgan fingerprint density at radius 1 is 1.36 bits per heavy atom. The van der Waals surface area contributed by atoms with Crippen molar-refractivity contribution in [2.45, 2.75) is 33.1 Å². The van der Waals surface area contributed by atoms with Gasteiger partial charge in [0.25, 0.3) is 0 Å². The molecule has 0 N–H and O–H groups in total. The number of nitrogens with zero attached hydrogens (tertiary/aromatic N) is 1. The van der Waals surface area contributed by atoms with Gasteiger partial charge in [0.1, 0.15) is 0 Å². The van der Waals surface area contributed by atoms with Crippen molar-refractivity contribution in [1.82, 2.24) is 0 Å². The first kappa shape index (κ1) is 11.0. The Bertz CT molecular complexity index is 128. The van der Waals surface area contributed by atoms with E-state index in [0.717, 1.165) is 11.2 Å². The predicted octanol–water partition coefficient (Wildman–Crippen LogP) is 3.35. The molecule has 64 valence electrons. The molecule has 0 saturated carbocycles. The standard InChI is InChI=1S/C9H16BrN/c1-8(3-5-10)7-9(2)4-6-11/h8-9H,3-5,7H2,1-2H3. The molecule has 0 heterocycles. The van der Waals surface area contributed by atoms with Crippen LogP contribution in [-0.2, 0) is 0 Å². The maximum Gasteiger partial charge on any atom is 0.0624 e. The summed E-state index contributed by atoms with van der Waals surface area (Å²) >= 11 is 3.41. The second-order valence-electron chi connectivity index (χ2n) is 3.29. The summed E-state index contributed by atoms with van der Waals surface area (Å²) in [4.78, 5) is 0. The molecule has 0 aromatic carbocycles. The van der Waals surface area contributed by atoms with Gasteiger partial charge in [-0.3, -0.25) is 0 Å². The summed E-state index contributed by atoms with van der Waals surface area (Å²) in [5.74, 6) is 1.31. The van der Waals surface area contributed by atoms with E-state index in [9.17, 15) is 0 Å². The molecule has 0 aromatic heterocycles. The first-order chi connectivity index (χ1) is 5.20. The normalized spacial score (nSPS) is 15.5. The van der Waals surface area contributed by atoms with Gasteiger partial charge in [-0.2, -0.15) is 5.26 Å². The number of halogens is 1. The summed E-state index contributed by atoms with van der Waals surface area (Å²) in [5, 5.41) is 9.50. The van der Waals surface area contributed by atoms with Gasteiger partial charge in [-0.1, -0.05) is 29.8 Å². The van der Waals surface area contributed by atoms with Gasteiger partial charge in [-0.25, -0.2) is 0 Å². The maximum absolute atomic E-state index is 8.42. The van der Waals surface area contributed by atoms with Crippen molar-refractivity contribution in [2.24, 2.45) is 11.8 Å².